The van der Waals surface area contributed by atoms with Crippen LogP contribution in [0.5, 0.6) is 0 Å². The lowest BCUT2D eigenvalue weighted by Crippen LogP contribution is -2.44. The minimum atomic E-state index is 0.338. The van der Waals surface area contributed by atoms with Gasteiger partial charge >= 0.3 is 0 Å². The summed E-state index contributed by atoms with van der Waals surface area (Å²) < 4.78 is 0. The first-order valence-electron chi connectivity index (χ1n) is 2.47. The SMILES string of the molecule is CN1CC(C=O)C1. The Balaban J connectivity index is 2.17. The molecule has 0 bridgehead atoms. The van der Waals surface area contributed by atoms with Crippen LogP contribution in [0.25, 0.3) is 0 Å². The molecule has 1 aliphatic rings. The lowest BCUT2D eigenvalue weighted by Gasteiger charge is -2.31. The summed E-state index contributed by atoms with van der Waals surface area (Å²) in [5, 5.41) is 0. The Hall–Kier alpha value is -0.370. The van der Waals surface area contributed by atoms with Crippen LogP contribution in [0.4, 0.5) is 0 Å². The molecule has 40 valence electrons. The Morgan fingerprint density at radius 2 is 2.29 bits per heavy atom. The number of rotatable bonds is 1. The van der Waals surface area contributed by atoms with Crippen molar-refractivity contribution in [3.8, 4) is 0 Å². The molecule has 0 N–H and O–H groups in total. The van der Waals surface area contributed by atoms with Gasteiger partial charge in [0.25, 0.3) is 0 Å². The molecule has 1 saturated heterocycles. The maximum Gasteiger partial charge on any atom is 0.125 e. The van der Waals surface area contributed by atoms with Crippen LogP contribution in [0.15, 0.2) is 0 Å². The molecule has 1 heterocycles. The predicted octanol–water partition coefficient (Wildman–Crippen LogP) is -0.253. The number of hydrogen-bond donors (Lipinski definition) is 0. The summed E-state index contributed by atoms with van der Waals surface area (Å²) in [7, 11) is 2.01. The van der Waals surface area contributed by atoms with Crippen molar-refractivity contribution in [1.29, 1.82) is 0 Å². The van der Waals surface area contributed by atoms with Gasteiger partial charge in [-0.25, -0.2) is 0 Å². The zero-order valence-corrected chi connectivity index (χ0v) is 4.42. The maximum absolute atomic E-state index is 9.91. The minimum Gasteiger partial charge on any atom is -0.305 e. The zero-order valence-electron chi connectivity index (χ0n) is 4.42. The second-order valence-electron chi connectivity index (χ2n) is 2.12. The van der Waals surface area contributed by atoms with Crippen molar-refractivity contribution in [2.45, 2.75) is 0 Å². The molecule has 1 aliphatic heterocycles. The van der Waals surface area contributed by atoms with Crippen LogP contribution < -0.4 is 0 Å². The predicted molar refractivity (Wildman–Crippen MR) is 27.1 cm³/mol. The summed E-state index contributed by atoms with van der Waals surface area (Å²) in [5.41, 5.74) is 0. The van der Waals surface area contributed by atoms with E-state index in [4.69, 9.17) is 0 Å². The van der Waals surface area contributed by atoms with Crippen LogP contribution in [0, 0.1) is 5.92 Å². The van der Waals surface area contributed by atoms with Gasteiger partial charge < -0.3 is 9.69 Å². The highest BCUT2D eigenvalue weighted by Crippen LogP contribution is 2.07. The van der Waals surface area contributed by atoms with Crippen LogP contribution in [-0.4, -0.2) is 31.3 Å². The molecule has 0 amide bonds. The normalized spacial score (nSPS) is 24.1. The molecule has 0 spiro atoms. The van der Waals surface area contributed by atoms with E-state index < -0.39 is 0 Å². The molecule has 2 nitrogen and oxygen atoms in total. The minimum absolute atomic E-state index is 0.338. The Labute approximate surface area is 43.1 Å². The third-order valence-corrected chi connectivity index (χ3v) is 1.28. The van der Waals surface area contributed by atoms with Crippen molar-refractivity contribution < 1.29 is 4.79 Å². The van der Waals surface area contributed by atoms with Crippen molar-refractivity contribution in [3.05, 3.63) is 0 Å². The van der Waals surface area contributed by atoms with Gasteiger partial charge in [0.15, 0.2) is 0 Å². The molecule has 0 aromatic heterocycles. The van der Waals surface area contributed by atoms with E-state index in [0.29, 0.717) is 5.92 Å². The maximum atomic E-state index is 9.91. The Morgan fingerprint density at radius 1 is 1.71 bits per heavy atom. The van der Waals surface area contributed by atoms with E-state index in [2.05, 4.69) is 4.90 Å². The average Bonchev–Trinajstić information content (AvgIpc) is 1.58. The van der Waals surface area contributed by atoms with E-state index in [-0.39, 0.29) is 0 Å². The highest BCUT2D eigenvalue weighted by molar-refractivity contribution is 5.55. The second kappa shape index (κ2) is 1.62. The van der Waals surface area contributed by atoms with E-state index in [1.54, 1.807) is 0 Å². The first-order valence-corrected chi connectivity index (χ1v) is 2.47. The molecule has 0 aromatic rings. The first kappa shape index (κ1) is 4.78. The first-order chi connectivity index (χ1) is 3.33. The highest BCUT2D eigenvalue weighted by Gasteiger charge is 2.21. The lowest BCUT2D eigenvalue weighted by molar-refractivity contribution is -0.115. The van der Waals surface area contributed by atoms with Crippen LogP contribution >= 0.6 is 0 Å². The molecule has 2 heteroatoms. The quantitative estimate of drug-likeness (QED) is 0.422. The summed E-state index contributed by atoms with van der Waals surface area (Å²) in [6, 6.07) is 0. The van der Waals surface area contributed by atoms with E-state index in [1.165, 1.54) is 0 Å². The molecule has 1 fully saturated rings. The number of carbonyl (C=O) groups is 1. The van der Waals surface area contributed by atoms with E-state index in [9.17, 15) is 4.79 Å². The second-order valence-corrected chi connectivity index (χ2v) is 2.12. The lowest BCUT2D eigenvalue weighted by atomic mass is 10.0. The van der Waals surface area contributed by atoms with Gasteiger partial charge in [-0.1, -0.05) is 0 Å². The molecule has 0 atom stereocenters. The van der Waals surface area contributed by atoms with Crippen LogP contribution in [-0.2, 0) is 4.79 Å². The van der Waals surface area contributed by atoms with E-state index >= 15 is 0 Å². The zero-order chi connectivity index (χ0) is 5.28. The van der Waals surface area contributed by atoms with Gasteiger partial charge in [-0.15, -0.1) is 0 Å². The molecule has 1 rings (SSSR count). The Kier molecular flexibility index (Phi) is 1.11. The highest BCUT2D eigenvalue weighted by atomic mass is 16.1. The van der Waals surface area contributed by atoms with Crippen molar-refractivity contribution in [3.63, 3.8) is 0 Å². The van der Waals surface area contributed by atoms with Crippen molar-refractivity contribution >= 4 is 6.29 Å². The molecule has 0 saturated carbocycles. The monoisotopic (exact) mass is 99.1 g/mol. The standard InChI is InChI=1S/C5H9NO/c1-6-2-5(3-6)4-7/h4-5H,2-3H2,1H3. The van der Waals surface area contributed by atoms with Crippen molar-refractivity contribution in [2.75, 3.05) is 20.1 Å². The molecule has 0 aliphatic carbocycles. The molecule has 0 aromatic carbocycles. The van der Waals surface area contributed by atoms with E-state index in [1.807, 2.05) is 7.05 Å². The molecular formula is C5H9NO. The summed E-state index contributed by atoms with van der Waals surface area (Å²) in [6.07, 6.45) is 1.03. The van der Waals surface area contributed by atoms with Gasteiger partial charge in [-0.05, 0) is 7.05 Å². The van der Waals surface area contributed by atoms with Gasteiger partial charge in [-0.2, -0.15) is 0 Å². The number of likely N-dealkylation sites (tertiary alicyclic amines) is 1. The fraction of sp³-hybridized carbons (Fsp3) is 0.800. The van der Waals surface area contributed by atoms with Gasteiger partial charge in [-0.3, -0.25) is 0 Å². The van der Waals surface area contributed by atoms with Crippen molar-refractivity contribution in [2.24, 2.45) is 5.92 Å². The Morgan fingerprint density at radius 3 is 2.43 bits per heavy atom. The third kappa shape index (κ3) is 0.800. The van der Waals surface area contributed by atoms with Gasteiger partial charge in [0, 0.05) is 19.0 Å². The number of aldehydes is 1. The number of nitrogens with zero attached hydrogens (tertiary/aromatic N) is 1. The average molecular weight is 99.1 g/mol. The van der Waals surface area contributed by atoms with E-state index in [0.717, 1.165) is 19.4 Å². The van der Waals surface area contributed by atoms with Gasteiger partial charge in [0.2, 0.25) is 0 Å². The van der Waals surface area contributed by atoms with Gasteiger partial charge in [0.1, 0.15) is 6.29 Å². The molecule has 0 unspecified atom stereocenters. The van der Waals surface area contributed by atoms with Crippen LogP contribution in [0.3, 0.4) is 0 Å². The summed E-state index contributed by atoms with van der Waals surface area (Å²) in [4.78, 5) is 12.0. The van der Waals surface area contributed by atoms with Gasteiger partial charge in [0.05, 0.1) is 0 Å². The Bertz CT molecular complexity index is 76.1. The largest absolute Gasteiger partial charge is 0.305 e. The van der Waals surface area contributed by atoms with Crippen LogP contribution in [0.2, 0.25) is 0 Å². The fourth-order valence-electron chi connectivity index (χ4n) is 0.833. The van der Waals surface area contributed by atoms with Crippen LogP contribution in [0.1, 0.15) is 0 Å². The van der Waals surface area contributed by atoms with Crippen molar-refractivity contribution in [1.82, 2.24) is 4.90 Å². The number of hydrogen-bond acceptors (Lipinski definition) is 2. The smallest absolute Gasteiger partial charge is 0.125 e. The number of carbonyl (C=O) groups excluding carboxylic acids is 1. The third-order valence-electron chi connectivity index (χ3n) is 1.28. The summed E-state index contributed by atoms with van der Waals surface area (Å²) in [5.74, 6) is 0.338. The summed E-state index contributed by atoms with van der Waals surface area (Å²) >= 11 is 0. The topological polar surface area (TPSA) is 20.3 Å². The fourth-order valence-corrected chi connectivity index (χ4v) is 0.833. The summed E-state index contributed by atoms with van der Waals surface area (Å²) in [6.45, 7) is 1.92. The molecule has 0 radical (unpaired) electrons. The molecular weight excluding hydrogens is 90.1 g/mol. The molecule has 7 heavy (non-hydrogen) atoms.